The Hall–Kier alpha value is -4.11. The summed E-state index contributed by atoms with van der Waals surface area (Å²) in [5, 5.41) is 13.0. The summed E-state index contributed by atoms with van der Waals surface area (Å²) >= 11 is 0. The second-order valence-corrected chi connectivity index (χ2v) is 8.91. The van der Waals surface area contributed by atoms with Crippen molar-refractivity contribution >= 4 is 21.4 Å². The SMILES string of the molecule is Cc1cccc(S(=O)(=O)Nc2cccc(-c3ccc4nnc(-c5ccccn5)n4n3)c2)c1. The zero-order valence-electron chi connectivity index (χ0n) is 17.0. The Morgan fingerprint density at radius 1 is 0.844 bits per heavy atom. The molecule has 0 saturated carbocycles. The average Bonchev–Trinajstić information content (AvgIpc) is 3.23. The smallest absolute Gasteiger partial charge is 0.261 e. The van der Waals surface area contributed by atoms with Gasteiger partial charge in [-0.15, -0.1) is 10.2 Å². The molecule has 3 heterocycles. The number of sulfonamides is 1. The van der Waals surface area contributed by atoms with E-state index in [1.54, 1.807) is 47.1 Å². The summed E-state index contributed by atoms with van der Waals surface area (Å²) in [6.45, 7) is 1.85. The van der Waals surface area contributed by atoms with E-state index in [0.717, 1.165) is 11.1 Å². The Morgan fingerprint density at radius 2 is 1.72 bits per heavy atom. The first kappa shape index (κ1) is 19.8. The van der Waals surface area contributed by atoms with Crippen molar-refractivity contribution in [2.24, 2.45) is 0 Å². The quantitative estimate of drug-likeness (QED) is 0.442. The van der Waals surface area contributed by atoms with E-state index in [1.165, 1.54) is 0 Å². The third kappa shape index (κ3) is 3.81. The summed E-state index contributed by atoms with van der Waals surface area (Å²) < 4.78 is 29.8. The lowest BCUT2D eigenvalue weighted by Gasteiger charge is -2.10. The number of fused-ring (bicyclic) bond motifs is 1. The van der Waals surface area contributed by atoms with E-state index in [9.17, 15) is 8.42 Å². The van der Waals surface area contributed by atoms with Crippen molar-refractivity contribution in [2.75, 3.05) is 4.72 Å². The number of pyridine rings is 1. The van der Waals surface area contributed by atoms with Gasteiger partial charge in [0, 0.05) is 17.4 Å². The average molecular weight is 443 g/mol. The van der Waals surface area contributed by atoms with Crippen LogP contribution in [0.4, 0.5) is 5.69 Å². The summed E-state index contributed by atoms with van der Waals surface area (Å²) in [5.74, 6) is 0.527. The van der Waals surface area contributed by atoms with Crippen LogP contribution in [0.1, 0.15) is 5.56 Å². The molecule has 0 atom stereocenters. The molecule has 0 saturated heterocycles. The fourth-order valence-electron chi connectivity index (χ4n) is 3.34. The molecule has 3 aromatic heterocycles. The molecule has 0 aliphatic heterocycles. The number of hydrogen-bond acceptors (Lipinski definition) is 6. The van der Waals surface area contributed by atoms with Crippen molar-refractivity contribution in [3.63, 3.8) is 0 Å². The van der Waals surface area contributed by atoms with Gasteiger partial charge in [0.1, 0.15) is 5.69 Å². The number of rotatable bonds is 5. The van der Waals surface area contributed by atoms with Crippen LogP contribution in [-0.4, -0.2) is 33.2 Å². The lowest BCUT2D eigenvalue weighted by Crippen LogP contribution is -2.13. The van der Waals surface area contributed by atoms with E-state index in [-0.39, 0.29) is 4.90 Å². The molecule has 158 valence electrons. The zero-order chi connectivity index (χ0) is 22.1. The minimum absolute atomic E-state index is 0.215. The van der Waals surface area contributed by atoms with E-state index in [0.29, 0.717) is 28.5 Å². The molecule has 0 spiro atoms. The molecule has 0 fully saturated rings. The van der Waals surface area contributed by atoms with Crippen LogP contribution in [-0.2, 0) is 10.0 Å². The van der Waals surface area contributed by atoms with Crippen LogP contribution in [0.25, 0.3) is 28.4 Å². The van der Waals surface area contributed by atoms with Crippen LogP contribution in [0.15, 0.2) is 90.0 Å². The van der Waals surface area contributed by atoms with Gasteiger partial charge in [-0.2, -0.15) is 9.61 Å². The maximum absolute atomic E-state index is 12.8. The topological polar surface area (TPSA) is 102 Å². The molecule has 5 rings (SSSR count). The number of benzene rings is 2. The van der Waals surface area contributed by atoms with E-state index < -0.39 is 10.0 Å². The first-order valence-corrected chi connectivity index (χ1v) is 11.3. The third-order valence-corrected chi connectivity index (χ3v) is 6.25. The van der Waals surface area contributed by atoms with Crippen LogP contribution < -0.4 is 4.72 Å². The minimum Gasteiger partial charge on any atom is -0.280 e. The van der Waals surface area contributed by atoms with Gasteiger partial charge in [0.15, 0.2) is 5.65 Å². The highest BCUT2D eigenvalue weighted by molar-refractivity contribution is 7.92. The third-order valence-electron chi connectivity index (χ3n) is 4.87. The Labute approximate surface area is 184 Å². The van der Waals surface area contributed by atoms with Crippen molar-refractivity contribution < 1.29 is 8.42 Å². The van der Waals surface area contributed by atoms with E-state index >= 15 is 0 Å². The highest BCUT2D eigenvalue weighted by atomic mass is 32.2. The number of nitrogens with one attached hydrogen (secondary N) is 1. The van der Waals surface area contributed by atoms with Gasteiger partial charge in [-0.3, -0.25) is 9.71 Å². The van der Waals surface area contributed by atoms with Crippen LogP contribution in [0.2, 0.25) is 0 Å². The Morgan fingerprint density at radius 3 is 2.53 bits per heavy atom. The summed E-state index contributed by atoms with van der Waals surface area (Å²) in [6.07, 6.45) is 1.68. The number of anilines is 1. The Bertz CT molecular complexity index is 1530. The van der Waals surface area contributed by atoms with Crippen molar-refractivity contribution in [1.29, 1.82) is 0 Å². The van der Waals surface area contributed by atoms with Crippen LogP contribution in [0.5, 0.6) is 0 Å². The van der Waals surface area contributed by atoms with E-state index in [4.69, 9.17) is 0 Å². The molecular formula is C23H18N6O2S. The van der Waals surface area contributed by atoms with Crippen LogP contribution in [0.3, 0.4) is 0 Å². The van der Waals surface area contributed by atoms with Gasteiger partial charge in [0.2, 0.25) is 5.82 Å². The lowest BCUT2D eigenvalue weighted by atomic mass is 10.1. The van der Waals surface area contributed by atoms with Gasteiger partial charge < -0.3 is 0 Å². The standard InChI is InChI=1S/C23H18N6O2S/c1-16-6-4-9-19(14-16)32(30,31)28-18-8-5-7-17(15-18)20-11-12-22-25-26-23(29(22)27-20)21-10-2-3-13-24-21/h2-15,28H,1H3. The van der Waals surface area contributed by atoms with E-state index in [2.05, 4.69) is 25.0 Å². The Kier molecular flexibility index (Phi) is 4.87. The summed E-state index contributed by atoms with van der Waals surface area (Å²) in [4.78, 5) is 4.54. The molecule has 0 bridgehead atoms. The molecular weight excluding hydrogens is 424 g/mol. The molecule has 2 aromatic carbocycles. The van der Waals surface area contributed by atoms with Gasteiger partial charge in [-0.1, -0.05) is 30.3 Å². The molecule has 0 aliphatic rings. The predicted molar refractivity (Wildman–Crippen MR) is 121 cm³/mol. The molecule has 0 radical (unpaired) electrons. The summed E-state index contributed by atoms with van der Waals surface area (Å²) in [7, 11) is -3.71. The second-order valence-electron chi connectivity index (χ2n) is 7.23. The highest BCUT2D eigenvalue weighted by Gasteiger charge is 2.15. The van der Waals surface area contributed by atoms with Crippen molar-refractivity contribution in [2.45, 2.75) is 11.8 Å². The number of nitrogens with zero attached hydrogens (tertiary/aromatic N) is 5. The molecule has 0 aliphatic carbocycles. The van der Waals surface area contributed by atoms with E-state index in [1.807, 2.05) is 49.4 Å². The zero-order valence-corrected chi connectivity index (χ0v) is 17.9. The van der Waals surface area contributed by atoms with Gasteiger partial charge in [-0.25, -0.2) is 8.42 Å². The Balaban J connectivity index is 1.50. The monoisotopic (exact) mass is 442 g/mol. The van der Waals surface area contributed by atoms with Gasteiger partial charge in [0.25, 0.3) is 10.0 Å². The van der Waals surface area contributed by atoms with Crippen molar-refractivity contribution in [1.82, 2.24) is 24.8 Å². The number of hydrogen-bond donors (Lipinski definition) is 1. The molecule has 8 nitrogen and oxygen atoms in total. The molecule has 32 heavy (non-hydrogen) atoms. The summed E-state index contributed by atoms with van der Waals surface area (Å²) in [6, 6.07) is 23.0. The predicted octanol–water partition coefficient (Wildman–Crippen LogP) is 3.96. The summed E-state index contributed by atoms with van der Waals surface area (Å²) in [5.41, 5.74) is 3.95. The largest absolute Gasteiger partial charge is 0.280 e. The van der Waals surface area contributed by atoms with Crippen molar-refractivity contribution in [3.8, 4) is 22.8 Å². The maximum atomic E-state index is 12.8. The maximum Gasteiger partial charge on any atom is 0.261 e. The second kappa shape index (κ2) is 7.86. The molecule has 1 N–H and O–H groups in total. The fraction of sp³-hybridized carbons (Fsp3) is 0.0435. The minimum atomic E-state index is -3.71. The van der Waals surface area contributed by atoms with Crippen molar-refractivity contribution in [3.05, 3.63) is 90.6 Å². The van der Waals surface area contributed by atoms with Crippen LogP contribution in [0, 0.1) is 6.92 Å². The fourth-order valence-corrected chi connectivity index (χ4v) is 4.49. The first-order valence-electron chi connectivity index (χ1n) is 9.83. The van der Waals surface area contributed by atoms with Crippen LogP contribution >= 0.6 is 0 Å². The van der Waals surface area contributed by atoms with Gasteiger partial charge >= 0.3 is 0 Å². The molecule has 0 amide bonds. The number of aromatic nitrogens is 5. The molecule has 0 unspecified atom stereocenters. The van der Waals surface area contributed by atoms with Gasteiger partial charge in [-0.05, 0) is 61.0 Å². The van der Waals surface area contributed by atoms with Gasteiger partial charge in [0.05, 0.1) is 10.6 Å². The molecule has 9 heteroatoms. The lowest BCUT2D eigenvalue weighted by molar-refractivity contribution is 0.601. The number of aryl methyl sites for hydroxylation is 1. The molecule has 5 aromatic rings. The first-order chi connectivity index (χ1) is 15.5. The normalized spacial score (nSPS) is 11.5. The highest BCUT2D eigenvalue weighted by Crippen LogP contribution is 2.24.